The summed E-state index contributed by atoms with van der Waals surface area (Å²) in [4.78, 5) is 12.6. The first-order valence-electron chi connectivity index (χ1n) is 11.0. The molecule has 3 aromatic carbocycles. The zero-order chi connectivity index (χ0) is 24.5. The molecular weight excluding hydrogens is 488 g/mol. The summed E-state index contributed by atoms with van der Waals surface area (Å²) in [5, 5.41) is 0.588. The lowest BCUT2D eigenvalue weighted by molar-refractivity contribution is 0.418. The molecule has 8 heteroatoms. The van der Waals surface area contributed by atoms with Gasteiger partial charge in [0.25, 0.3) is 0 Å². The molecule has 1 N–H and O–H groups in total. The molecule has 5 nitrogen and oxygen atoms in total. The monoisotopic (exact) mass is 514 g/mol. The Hall–Kier alpha value is -2.45. The van der Waals surface area contributed by atoms with Crippen LogP contribution in [-0.2, 0) is 22.0 Å². The van der Waals surface area contributed by atoms with Crippen LogP contribution in [0, 0.1) is 0 Å². The van der Waals surface area contributed by atoms with Crippen molar-refractivity contribution < 1.29 is 8.42 Å². The first kappa shape index (κ1) is 24.7. The lowest BCUT2D eigenvalue weighted by atomic mass is 9.79. The van der Waals surface area contributed by atoms with Crippen molar-refractivity contribution in [3.8, 4) is 0 Å². The number of fused-ring (bicyclic) bond motifs is 1. The molecular formula is C26H27ClN2O3S2. The van der Waals surface area contributed by atoms with Gasteiger partial charge in [-0.1, -0.05) is 85.3 Å². The van der Waals surface area contributed by atoms with Crippen LogP contribution in [0.3, 0.4) is 0 Å². The molecule has 178 valence electrons. The Morgan fingerprint density at radius 2 is 1.71 bits per heavy atom. The average molecular weight is 515 g/mol. The van der Waals surface area contributed by atoms with Crippen molar-refractivity contribution in [1.82, 2.24) is 9.29 Å². The Labute approximate surface area is 209 Å². The van der Waals surface area contributed by atoms with Gasteiger partial charge in [-0.2, -0.15) is 0 Å². The van der Waals surface area contributed by atoms with Gasteiger partial charge in [0.2, 0.25) is 10.0 Å². The Morgan fingerprint density at radius 3 is 2.41 bits per heavy atom. The number of hydrogen-bond acceptors (Lipinski definition) is 4. The molecule has 1 unspecified atom stereocenters. The van der Waals surface area contributed by atoms with E-state index < -0.39 is 10.0 Å². The third-order valence-corrected chi connectivity index (χ3v) is 8.86. The van der Waals surface area contributed by atoms with E-state index in [1.807, 2.05) is 43.3 Å². The third kappa shape index (κ3) is 5.28. The number of nitrogens with zero attached hydrogens (tertiary/aromatic N) is 1. The van der Waals surface area contributed by atoms with Crippen LogP contribution in [0.5, 0.6) is 0 Å². The minimum atomic E-state index is -3.75. The van der Waals surface area contributed by atoms with Gasteiger partial charge < -0.3 is 0 Å². The molecule has 0 aliphatic rings. The highest BCUT2D eigenvalue weighted by Gasteiger charge is 2.26. The third-order valence-electron chi connectivity index (χ3n) is 5.96. The van der Waals surface area contributed by atoms with Crippen LogP contribution in [0.2, 0.25) is 5.02 Å². The van der Waals surface area contributed by atoms with E-state index in [4.69, 9.17) is 11.6 Å². The highest BCUT2D eigenvalue weighted by Crippen LogP contribution is 2.29. The summed E-state index contributed by atoms with van der Waals surface area (Å²) in [6.45, 7) is 6.42. The molecule has 1 heterocycles. The Kier molecular flexibility index (Phi) is 7.01. The molecule has 34 heavy (non-hydrogen) atoms. The standard InChI is InChI=1S/C26H27ClN2O3S2/c1-18(16-26(2,3)20-10-5-4-6-11-20)28-34(31,32)21-13-14-23-24(15-21)33-25(30)29(23)17-19-9-7-8-12-22(19)27/h4-15,18,28H,16-17H2,1-3H3. The van der Waals surface area contributed by atoms with E-state index in [0.717, 1.165) is 22.5 Å². The van der Waals surface area contributed by atoms with Crippen molar-refractivity contribution >= 4 is 43.2 Å². The van der Waals surface area contributed by atoms with Gasteiger partial charge in [0.05, 0.1) is 21.7 Å². The van der Waals surface area contributed by atoms with Crippen LogP contribution in [0.4, 0.5) is 0 Å². The van der Waals surface area contributed by atoms with Gasteiger partial charge in [-0.15, -0.1) is 0 Å². The van der Waals surface area contributed by atoms with Gasteiger partial charge in [0.15, 0.2) is 0 Å². The van der Waals surface area contributed by atoms with Crippen molar-refractivity contribution in [2.75, 3.05) is 0 Å². The van der Waals surface area contributed by atoms with Crippen LogP contribution < -0.4 is 9.60 Å². The molecule has 0 fully saturated rings. The SMILES string of the molecule is CC(CC(C)(C)c1ccccc1)NS(=O)(=O)c1ccc2c(c1)sc(=O)n2Cc1ccccc1Cl. The molecule has 0 bridgehead atoms. The fraction of sp³-hybridized carbons (Fsp3) is 0.269. The van der Waals surface area contributed by atoms with E-state index in [1.165, 1.54) is 0 Å². The van der Waals surface area contributed by atoms with Crippen LogP contribution in [-0.4, -0.2) is 19.0 Å². The Morgan fingerprint density at radius 1 is 1.03 bits per heavy atom. The second-order valence-corrected chi connectivity index (χ2v) is 12.3. The maximum atomic E-state index is 13.1. The quantitative estimate of drug-likeness (QED) is 0.323. The summed E-state index contributed by atoms with van der Waals surface area (Å²) in [5.41, 5.74) is 2.49. The zero-order valence-electron chi connectivity index (χ0n) is 19.3. The van der Waals surface area contributed by atoms with Crippen LogP contribution in [0.25, 0.3) is 10.2 Å². The smallest absolute Gasteiger partial charge is 0.294 e. The molecule has 0 spiro atoms. The minimum Gasteiger partial charge on any atom is -0.294 e. The van der Waals surface area contributed by atoms with Crippen molar-refractivity contribution in [3.05, 3.63) is 98.6 Å². The number of halogens is 1. The number of thiazole rings is 1. The second-order valence-electron chi connectivity index (χ2n) is 9.15. The van der Waals surface area contributed by atoms with Gasteiger partial charge in [0, 0.05) is 11.1 Å². The predicted molar refractivity (Wildman–Crippen MR) is 141 cm³/mol. The number of hydrogen-bond donors (Lipinski definition) is 1. The zero-order valence-corrected chi connectivity index (χ0v) is 21.7. The van der Waals surface area contributed by atoms with E-state index >= 15 is 0 Å². The summed E-state index contributed by atoms with van der Waals surface area (Å²) >= 11 is 7.30. The molecule has 0 saturated carbocycles. The first-order valence-corrected chi connectivity index (χ1v) is 13.7. The number of aromatic nitrogens is 1. The lowest BCUT2D eigenvalue weighted by Gasteiger charge is -2.29. The number of benzene rings is 3. The molecule has 0 radical (unpaired) electrons. The Bertz CT molecular complexity index is 1470. The lowest BCUT2D eigenvalue weighted by Crippen LogP contribution is -2.37. The van der Waals surface area contributed by atoms with Crippen LogP contribution >= 0.6 is 22.9 Å². The highest BCUT2D eigenvalue weighted by atomic mass is 35.5. The summed E-state index contributed by atoms with van der Waals surface area (Å²) in [7, 11) is -3.75. The molecule has 1 atom stereocenters. The van der Waals surface area contributed by atoms with Crippen LogP contribution in [0.15, 0.2) is 82.5 Å². The summed E-state index contributed by atoms with van der Waals surface area (Å²) < 4.78 is 31.3. The van der Waals surface area contributed by atoms with E-state index in [2.05, 4.69) is 30.7 Å². The fourth-order valence-corrected chi connectivity index (χ4v) is 6.78. The fourth-order valence-electron chi connectivity index (χ4n) is 4.31. The van der Waals surface area contributed by atoms with Gasteiger partial charge in [0.1, 0.15) is 0 Å². The molecule has 4 aromatic rings. The first-order chi connectivity index (χ1) is 16.1. The largest absolute Gasteiger partial charge is 0.308 e. The summed E-state index contributed by atoms with van der Waals surface area (Å²) in [6.07, 6.45) is 0.639. The van der Waals surface area contributed by atoms with Crippen molar-refractivity contribution in [2.24, 2.45) is 0 Å². The topological polar surface area (TPSA) is 68.2 Å². The van der Waals surface area contributed by atoms with Gasteiger partial charge in [-0.05, 0) is 54.2 Å². The predicted octanol–water partition coefficient (Wildman–Crippen LogP) is 5.80. The maximum absolute atomic E-state index is 13.1. The number of rotatable bonds is 8. The van der Waals surface area contributed by atoms with E-state index in [1.54, 1.807) is 28.8 Å². The van der Waals surface area contributed by atoms with Crippen LogP contribution in [0.1, 0.15) is 38.3 Å². The Balaban J connectivity index is 1.56. The van der Waals surface area contributed by atoms with Gasteiger partial charge in [-0.25, -0.2) is 13.1 Å². The van der Waals surface area contributed by atoms with Gasteiger partial charge in [-0.3, -0.25) is 9.36 Å². The number of nitrogens with one attached hydrogen (secondary N) is 1. The normalized spacial score (nSPS) is 13.3. The summed E-state index contributed by atoms with van der Waals surface area (Å²) in [6, 6.07) is 22.0. The molecule has 4 rings (SSSR count). The molecule has 1 aromatic heterocycles. The van der Waals surface area contributed by atoms with E-state index in [0.29, 0.717) is 28.2 Å². The van der Waals surface area contributed by atoms with Crippen molar-refractivity contribution in [3.63, 3.8) is 0 Å². The second kappa shape index (κ2) is 9.66. The molecule has 0 aliphatic carbocycles. The molecule has 0 aliphatic heterocycles. The molecule has 0 amide bonds. The van der Waals surface area contributed by atoms with Crippen molar-refractivity contribution in [1.29, 1.82) is 0 Å². The van der Waals surface area contributed by atoms with E-state index in [9.17, 15) is 13.2 Å². The highest BCUT2D eigenvalue weighted by molar-refractivity contribution is 7.89. The average Bonchev–Trinajstić information content (AvgIpc) is 3.09. The summed E-state index contributed by atoms with van der Waals surface area (Å²) in [5.74, 6) is 0. The maximum Gasteiger partial charge on any atom is 0.308 e. The number of sulfonamides is 1. The van der Waals surface area contributed by atoms with Gasteiger partial charge >= 0.3 is 4.87 Å². The molecule has 0 saturated heterocycles. The van der Waals surface area contributed by atoms with Crippen molar-refractivity contribution in [2.45, 2.75) is 50.1 Å². The van der Waals surface area contributed by atoms with E-state index in [-0.39, 0.29) is 21.2 Å². The minimum absolute atomic E-state index is 0.149.